The van der Waals surface area contributed by atoms with Crippen molar-refractivity contribution in [1.82, 2.24) is 9.97 Å². The summed E-state index contributed by atoms with van der Waals surface area (Å²) in [7, 11) is -3.34. The number of hydrogen-bond donors (Lipinski definition) is 1. The third-order valence-electron chi connectivity index (χ3n) is 5.83. The van der Waals surface area contributed by atoms with Crippen molar-refractivity contribution in [3.63, 3.8) is 0 Å². The highest BCUT2D eigenvalue weighted by Crippen LogP contribution is 2.31. The number of nitrogens with one attached hydrogen (secondary N) is 1. The monoisotopic (exact) mass is 494 g/mol. The van der Waals surface area contributed by atoms with Gasteiger partial charge >= 0.3 is 0 Å². The van der Waals surface area contributed by atoms with Crippen molar-refractivity contribution in [3.05, 3.63) is 83.0 Å². The molecule has 0 unspecified atom stereocenters. The molecule has 3 heterocycles. The van der Waals surface area contributed by atoms with Gasteiger partial charge in [0.15, 0.2) is 0 Å². The molecule has 0 atom stereocenters. The molecule has 1 N–H and O–H groups in total. The predicted octanol–water partition coefficient (Wildman–Crippen LogP) is 4.99. The van der Waals surface area contributed by atoms with Gasteiger partial charge in [0.1, 0.15) is 6.73 Å². The van der Waals surface area contributed by atoms with E-state index in [1.54, 1.807) is 6.20 Å². The van der Waals surface area contributed by atoms with E-state index < -0.39 is 10.0 Å². The molecular formula is C25H23ClN4O3S. The highest BCUT2D eigenvalue weighted by molar-refractivity contribution is 7.92. The molecule has 34 heavy (non-hydrogen) atoms. The maximum Gasteiger partial charge on any atom is 0.239 e. The number of benzene rings is 2. The normalized spacial score (nSPS) is 15.4. The second kappa shape index (κ2) is 9.21. The van der Waals surface area contributed by atoms with Gasteiger partial charge in [0.25, 0.3) is 0 Å². The van der Waals surface area contributed by atoms with Crippen LogP contribution < -0.4 is 9.62 Å². The zero-order valence-electron chi connectivity index (χ0n) is 18.5. The van der Waals surface area contributed by atoms with E-state index in [1.165, 1.54) is 4.31 Å². The zero-order chi connectivity index (χ0) is 23.7. The molecule has 0 amide bonds. The molecule has 2 aromatic heterocycles. The van der Waals surface area contributed by atoms with Crippen molar-refractivity contribution in [2.75, 3.05) is 28.7 Å². The number of rotatable bonds is 5. The largest absolute Gasteiger partial charge is 0.381 e. The predicted molar refractivity (Wildman–Crippen MR) is 136 cm³/mol. The van der Waals surface area contributed by atoms with Crippen LogP contribution in [0, 0.1) is 6.92 Å². The van der Waals surface area contributed by atoms with Gasteiger partial charge in [-0.25, -0.2) is 17.7 Å². The van der Waals surface area contributed by atoms with Crippen molar-refractivity contribution >= 4 is 44.0 Å². The molecule has 0 spiro atoms. The first-order valence-electron chi connectivity index (χ1n) is 10.8. The van der Waals surface area contributed by atoms with Crippen LogP contribution in [-0.2, 0) is 21.3 Å². The van der Waals surface area contributed by atoms with Gasteiger partial charge in [-0.1, -0.05) is 17.7 Å². The van der Waals surface area contributed by atoms with Crippen LogP contribution >= 0.6 is 11.6 Å². The van der Waals surface area contributed by atoms with Crippen LogP contribution in [0.15, 0.2) is 66.9 Å². The van der Waals surface area contributed by atoms with Crippen LogP contribution in [0.5, 0.6) is 0 Å². The van der Waals surface area contributed by atoms with E-state index in [2.05, 4.69) is 10.3 Å². The molecule has 0 bridgehead atoms. The van der Waals surface area contributed by atoms with Gasteiger partial charge in [0.05, 0.1) is 39.8 Å². The molecule has 7 nitrogen and oxygen atoms in total. The third-order valence-corrected chi connectivity index (χ3v) is 7.83. The SMILES string of the molecule is Cc1cc(N2COCCS2(=O)=O)ccc1CNc1ccc(Cl)c(-c2ccc3ncccc3n2)c1. The first-order chi connectivity index (χ1) is 16.4. The number of halogens is 1. The van der Waals surface area contributed by atoms with Crippen LogP contribution in [0.2, 0.25) is 5.02 Å². The average Bonchev–Trinajstić information content (AvgIpc) is 2.83. The Bertz CT molecular complexity index is 1480. The number of sulfonamides is 1. The number of aryl methyl sites for hydroxylation is 1. The van der Waals surface area contributed by atoms with Gasteiger partial charge in [-0.05, 0) is 72.6 Å². The second-order valence-corrected chi connectivity index (χ2v) is 10.5. The molecule has 1 fully saturated rings. The number of pyridine rings is 2. The van der Waals surface area contributed by atoms with Crippen LogP contribution in [0.3, 0.4) is 0 Å². The fourth-order valence-corrected chi connectivity index (χ4v) is 5.34. The fourth-order valence-electron chi connectivity index (χ4n) is 3.91. The summed E-state index contributed by atoms with van der Waals surface area (Å²) in [6.45, 7) is 2.82. The molecule has 1 aliphatic heterocycles. The molecule has 0 aliphatic carbocycles. The summed E-state index contributed by atoms with van der Waals surface area (Å²) in [5.74, 6) is -0.00314. The van der Waals surface area contributed by atoms with E-state index in [4.69, 9.17) is 21.3 Å². The van der Waals surface area contributed by atoms with Crippen LogP contribution in [-0.4, -0.2) is 37.5 Å². The van der Waals surface area contributed by atoms with Crippen LogP contribution in [0.25, 0.3) is 22.3 Å². The molecule has 174 valence electrons. The van der Waals surface area contributed by atoms with Crippen LogP contribution in [0.4, 0.5) is 11.4 Å². The summed E-state index contributed by atoms with van der Waals surface area (Å²) in [4.78, 5) is 9.03. The van der Waals surface area contributed by atoms with Gasteiger partial charge in [0.2, 0.25) is 10.0 Å². The minimum absolute atomic E-state index is 0.00314. The lowest BCUT2D eigenvalue weighted by molar-refractivity contribution is 0.149. The Morgan fingerprint density at radius 2 is 1.97 bits per heavy atom. The second-order valence-electron chi connectivity index (χ2n) is 8.10. The summed E-state index contributed by atoms with van der Waals surface area (Å²) in [6, 6.07) is 19.0. The number of aromatic nitrogens is 2. The molecule has 2 aromatic carbocycles. The highest BCUT2D eigenvalue weighted by Gasteiger charge is 2.26. The van der Waals surface area contributed by atoms with Gasteiger partial charge in [-0.3, -0.25) is 4.98 Å². The zero-order valence-corrected chi connectivity index (χ0v) is 20.1. The molecule has 4 aromatic rings. The summed E-state index contributed by atoms with van der Waals surface area (Å²) < 4.78 is 31.4. The Balaban J connectivity index is 1.35. The maximum atomic E-state index is 12.4. The minimum Gasteiger partial charge on any atom is -0.381 e. The van der Waals surface area contributed by atoms with E-state index in [1.807, 2.05) is 67.6 Å². The Morgan fingerprint density at radius 1 is 1.09 bits per heavy atom. The van der Waals surface area contributed by atoms with Gasteiger partial charge < -0.3 is 10.1 Å². The van der Waals surface area contributed by atoms with Crippen molar-refractivity contribution < 1.29 is 13.2 Å². The van der Waals surface area contributed by atoms with Crippen molar-refractivity contribution in [1.29, 1.82) is 0 Å². The van der Waals surface area contributed by atoms with Crippen molar-refractivity contribution in [2.24, 2.45) is 0 Å². The Labute approximate surface area is 203 Å². The van der Waals surface area contributed by atoms with E-state index in [0.29, 0.717) is 17.3 Å². The molecular weight excluding hydrogens is 472 g/mol. The lowest BCUT2D eigenvalue weighted by Crippen LogP contribution is -2.41. The number of fused-ring (bicyclic) bond motifs is 1. The van der Waals surface area contributed by atoms with Crippen LogP contribution in [0.1, 0.15) is 11.1 Å². The smallest absolute Gasteiger partial charge is 0.239 e. The molecule has 1 aliphatic rings. The van der Waals surface area contributed by atoms with E-state index >= 15 is 0 Å². The van der Waals surface area contributed by atoms with E-state index in [-0.39, 0.29) is 19.1 Å². The van der Waals surface area contributed by atoms with Crippen molar-refractivity contribution in [2.45, 2.75) is 13.5 Å². The summed E-state index contributed by atoms with van der Waals surface area (Å²) >= 11 is 6.49. The minimum atomic E-state index is -3.34. The third kappa shape index (κ3) is 4.57. The lowest BCUT2D eigenvalue weighted by Gasteiger charge is -2.28. The topological polar surface area (TPSA) is 84.4 Å². The molecule has 0 saturated carbocycles. The Morgan fingerprint density at radius 3 is 2.79 bits per heavy atom. The van der Waals surface area contributed by atoms with Gasteiger partial charge in [0, 0.05) is 24.0 Å². The van der Waals surface area contributed by atoms with Gasteiger partial charge in [-0.2, -0.15) is 0 Å². The Hall–Kier alpha value is -3.20. The fraction of sp³-hybridized carbons (Fsp3) is 0.200. The number of nitrogens with zero attached hydrogens (tertiary/aromatic N) is 3. The molecule has 1 saturated heterocycles. The molecule has 5 rings (SSSR count). The summed E-state index contributed by atoms with van der Waals surface area (Å²) in [5, 5.41) is 4.05. The average molecular weight is 495 g/mol. The Kier molecular flexibility index (Phi) is 6.12. The van der Waals surface area contributed by atoms with Gasteiger partial charge in [-0.15, -0.1) is 0 Å². The lowest BCUT2D eigenvalue weighted by atomic mass is 10.1. The highest BCUT2D eigenvalue weighted by atomic mass is 35.5. The quantitative estimate of drug-likeness (QED) is 0.420. The molecule has 0 radical (unpaired) electrons. The number of anilines is 2. The maximum absolute atomic E-state index is 12.4. The van der Waals surface area contributed by atoms with E-state index in [0.717, 1.165) is 39.1 Å². The number of hydrogen-bond acceptors (Lipinski definition) is 6. The van der Waals surface area contributed by atoms with Crippen molar-refractivity contribution in [3.8, 4) is 11.3 Å². The first-order valence-corrected chi connectivity index (χ1v) is 12.8. The van der Waals surface area contributed by atoms with E-state index in [9.17, 15) is 8.42 Å². The molecule has 9 heteroatoms. The number of ether oxygens (including phenoxy) is 1. The summed E-state index contributed by atoms with van der Waals surface area (Å²) in [6.07, 6.45) is 1.75. The first kappa shape index (κ1) is 22.6. The summed E-state index contributed by atoms with van der Waals surface area (Å²) in [5.41, 5.74) is 6.83. The standard InChI is InChI=1S/C25H23ClN4O3S/c1-17-13-20(30-16-33-11-12-34(30,31)32)6-4-18(17)15-28-19-5-7-22(26)21(14-19)23-8-9-24-25(29-23)3-2-10-27-24/h2-10,13-14,28H,11-12,15-16H2,1H3.